The van der Waals surface area contributed by atoms with Crippen molar-refractivity contribution in [3.05, 3.63) is 42.3 Å². The molecular formula is C12H16N. The Labute approximate surface area is 80.5 Å². The van der Waals surface area contributed by atoms with Crippen LogP contribution in [0.25, 0.3) is 0 Å². The lowest BCUT2D eigenvalue weighted by Crippen LogP contribution is -1.84. The van der Waals surface area contributed by atoms with E-state index in [1.807, 2.05) is 24.4 Å². The molecule has 1 aromatic rings. The first kappa shape index (κ1) is 9.97. The van der Waals surface area contributed by atoms with E-state index >= 15 is 0 Å². The van der Waals surface area contributed by atoms with Crippen LogP contribution in [0.5, 0.6) is 0 Å². The van der Waals surface area contributed by atoms with Gasteiger partial charge in [0.2, 0.25) is 0 Å². The van der Waals surface area contributed by atoms with Crippen molar-refractivity contribution >= 4 is 6.21 Å². The molecule has 0 saturated carbocycles. The maximum Gasteiger partial charge on any atom is 0.0392 e. The summed E-state index contributed by atoms with van der Waals surface area (Å²) in [6.07, 6.45) is 6.41. The Hall–Kier alpha value is -1.11. The van der Waals surface area contributed by atoms with Gasteiger partial charge in [0.05, 0.1) is 0 Å². The molecule has 0 N–H and O–H groups in total. The minimum absolute atomic E-state index is 0.905. The predicted molar refractivity (Wildman–Crippen MR) is 58.1 cm³/mol. The molecular weight excluding hydrogens is 158 g/mol. The van der Waals surface area contributed by atoms with Crippen molar-refractivity contribution in [3.63, 3.8) is 0 Å². The summed E-state index contributed by atoms with van der Waals surface area (Å²) < 4.78 is 0. The number of hydrogen-bond donors (Lipinski definition) is 0. The van der Waals surface area contributed by atoms with Gasteiger partial charge in [-0.3, -0.25) is 4.99 Å². The SMILES string of the molecule is CC[CH]CCN=Cc1ccccc1. The van der Waals surface area contributed by atoms with Gasteiger partial charge in [0.25, 0.3) is 0 Å². The summed E-state index contributed by atoms with van der Waals surface area (Å²) in [6.45, 7) is 3.06. The van der Waals surface area contributed by atoms with Crippen molar-refractivity contribution in [2.45, 2.75) is 19.8 Å². The molecule has 0 heterocycles. The quantitative estimate of drug-likeness (QED) is 0.480. The Kier molecular flexibility index (Phi) is 4.92. The summed E-state index contributed by atoms with van der Waals surface area (Å²) in [5, 5.41) is 0. The van der Waals surface area contributed by atoms with Crippen LogP contribution in [-0.4, -0.2) is 12.8 Å². The lowest BCUT2D eigenvalue weighted by atomic mass is 10.2. The van der Waals surface area contributed by atoms with Crippen molar-refractivity contribution in [1.82, 2.24) is 0 Å². The minimum Gasteiger partial charge on any atom is -0.293 e. The van der Waals surface area contributed by atoms with E-state index in [1.165, 1.54) is 5.56 Å². The largest absolute Gasteiger partial charge is 0.293 e. The molecule has 13 heavy (non-hydrogen) atoms. The molecule has 0 aliphatic rings. The standard InChI is InChI=1S/C12H16N/c1-2-3-7-10-13-11-12-8-5-4-6-9-12/h3-6,8-9,11H,2,7,10H2,1H3. The third-order valence-electron chi connectivity index (χ3n) is 1.79. The van der Waals surface area contributed by atoms with Crippen molar-refractivity contribution in [1.29, 1.82) is 0 Å². The van der Waals surface area contributed by atoms with E-state index in [4.69, 9.17) is 0 Å². The minimum atomic E-state index is 0.905. The van der Waals surface area contributed by atoms with Crippen LogP contribution in [0.2, 0.25) is 0 Å². The highest BCUT2D eigenvalue weighted by Crippen LogP contribution is 1.95. The molecule has 0 aliphatic carbocycles. The number of nitrogens with zero attached hydrogens (tertiary/aromatic N) is 1. The van der Waals surface area contributed by atoms with E-state index in [2.05, 4.69) is 30.5 Å². The average molecular weight is 174 g/mol. The van der Waals surface area contributed by atoms with Gasteiger partial charge >= 0.3 is 0 Å². The number of rotatable bonds is 5. The molecule has 0 atom stereocenters. The second-order valence-electron chi connectivity index (χ2n) is 2.93. The highest BCUT2D eigenvalue weighted by Gasteiger charge is 1.84. The molecule has 0 aromatic heterocycles. The van der Waals surface area contributed by atoms with E-state index in [0.29, 0.717) is 0 Å². The van der Waals surface area contributed by atoms with E-state index in [9.17, 15) is 0 Å². The Bertz CT molecular complexity index is 239. The highest BCUT2D eigenvalue weighted by atomic mass is 14.7. The molecule has 0 spiro atoms. The Balaban J connectivity index is 2.25. The number of aliphatic imine (C=N–C) groups is 1. The molecule has 0 bridgehead atoms. The fraction of sp³-hybridized carbons (Fsp3) is 0.333. The number of unbranched alkanes of at least 4 members (excludes halogenated alkanes) is 2. The van der Waals surface area contributed by atoms with Gasteiger partial charge in [0, 0.05) is 12.8 Å². The second-order valence-corrected chi connectivity index (χ2v) is 2.93. The second kappa shape index (κ2) is 6.41. The summed E-state index contributed by atoms with van der Waals surface area (Å²) in [5.74, 6) is 0. The van der Waals surface area contributed by atoms with Crippen molar-refractivity contribution in [2.24, 2.45) is 4.99 Å². The molecule has 1 nitrogen and oxygen atoms in total. The van der Waals surface area contributed by atoms with Crippen LogP contribution < -0.4 is 0 Å². The zero-order valence-electron chi connectivity index (χ0n) is 8.11. The fourth-order valence-electron chi connectivity index (χ4n) is 1.08. The van der Waals surface area contributed by atoms with Crippen LogP contribution in [0.1, 0.15) is 25.3 Å². The van der Waals surface area contributed by atoms with E-state index < -0.39 is 0 Å². The molecule has 69 valence electrons. The van der Waals surface area contributed by atoms with Crippen LogP contribution >= 0.6 is 0 Å². The third-order valence-corrected chi connectivity index (χ3v) is 1.79. The first-order chi connectivity index (χ1) is 6.43. The summed E-state index contributed by atoms with van der Waals surface area (Å²) in [4.78, 5) is 4.32. The van der Waals surface area contributed by atoms with Crippen LogP contribution in [0.4, 0.5) is 0 Å². The molecule has 0 saturated heterocycles. The molecule has 0 unspecified atom stereocenters. The van der Waals surface area contributed by atoms with Gasteiger partial charge in [-0.2, -0.15) is 0 Å². The van der Waals surface area contributed by atoms with E-state index in [0.717, 1.165) is 19.4 Å². The van der Waals surface area contributed by atoms with Gasteiger partial charge in [-0.15, -0.1) is 0 Å². The lowest BCUT2D eigenvalue weighted by Gasteiger charge is -1.92. The summed E-state index contributed by atoms with van der Waals surface area (Å²) >= 11 is 0. The van der Waals surface area contributed by atoms with Crippen molar-refractivity contribution in [2.75, 3.05) is 6.54 Å². The predicted octanol–water partition coefficient (Wildman–Crippen LogP) is 3.11. The summed E-state index contributed by atoms with van der Waals surface area (Å²) in [6, 6.07) is 10.2. The van der Waals surface area contributed by atoms with Crippen LogP contribution in [-0.2, 0) is 0 Å². The maximum absolute atomic E-state index is 4.32. The van der Waals surface area contributed by atoms with Gasteiger partial charge in [-0.25, -0.2) is 0 Å². The smallest absolute Gasteiger partial charge is 0.0392 e. The Morgan fingerprint density at radius 3 is 2.69 bits per heavy atom. The molecule has 0 fully saturated rings. The van der Waals surface area contributed by atoms with Crippen LogP contribution in [0, 0.1) is 6.42 Å². The van der Waals surface area contributed by atoms with Gasteiger partial charge in [0.1, 0.15) is 0 Å². The van der Waals surface area contributed by atoms with Crippen molar-refractivity contribution < 1.29 is 0 Å². The summed E-state index contributed by atoms with van der Waals surface area (Å²) in [7, 11) is 0. The average Bonchev–Trinajstić information content (AvgIpc) is 2.19. The molecule has 1 radical (unpaired) electrons. The third kappa shape index (κ3) is 4.46. The van der Waals surface area contributed by atoms with Gasteiger partial charge < -0.3 is 0 Å². The summed E-state index contributed by atoms with van der Waals surface area (Å²) in [5.41, 5.74) is 1.18. The fourth-order valence-corrected chi connectivity index (χ4v) is 1.08. The normalized spacial score (nSPS) is 10.8. The highest BCUT2D eigenvalue weighted by molar-refractivity contribution is 5.79. The van der Waals surface area contributed by atoms with Crippen molar-refractivity contribution in [3.8, 4) is 0 Å². The Morgan fingerprint density at radius 2 is 2.00 bits per heavy atom. The number of hydrogen-bond acceptors (Lipinski definition) is 1. The van der Waals surface area contributed by atoms with Gasteiger partial charge in [-0.05, 0) is 18.4 Å². The first-order valence-electron chi connectivity index (χ1n) is 4.80. The van der Waals surface area contributed by atoms with Gasteiger partial charge in [0.15, 0.2) is 0 Å². The maximum atomic E-state index is 4.32. The monoisotopic (exact) mass is 174 g/mol. The topological polar surface area (TPSA) is 12.4 Å². The zero-order chi connectivity index (χ0) is 9.36. The molecule has 1 aromatic carbocycles. The first-order valence-corrected chi connectivity index (χ1v) is 4.80. The van der Waals surface area contributed by atoms with Crippen LogP contribution in [0.3, 0.4) is 0 Å². The van der Waals surface area contributed by atoms with E-state index in [-0.39, 0.29) is 0 Å². The Morgan fingerprint density at radius 1 is 1.23 bits per heavy atom. The molecule has 1 rings (SSSR count). The van der Waals surface area contributed by atoms with Gasteiger partial charge in [-0.1, -0.05) is 43.7 Å². The van der Waals surface area contributed by atoms with E-state index in [1.54, 1.807) is 0 Å². The van der Waals surface area contributed by atoms with Crippen LogP contribution in [0.15, 0.2) is 35.3 Å². The zero-order valence-corrected chi connectivity index (χ0v) is 8.11. The lowest BCUT2D eigenvalue weighted by molar-refractivity contribution is 0.891. The number of benzene rings is 1. The molecule has 0 aliphatic heterocycles. The molecule has 1 heteroatoms. The molecule has 0 amide bonds.